The Morgan fingerprint density at radius 2 is 1.93 bits per heavy atom. The van der Waals surface area contributed by atoms with Gasteiger partial charge in [-0.1, -0.05) is 45.1 Å². The number of para-hydroxylation sites is 1. The van der Waals surface area contributed by atoms with Gasteiger partial charge in [0.1, 0.15) is 17.1 Å². The van der Waals surface area contributed by atoms with Crippen LogP contribution in [-0.4, -0.2) is 12.4 Å². The number of fused-ring (bicyclic) bond motifs is 2. The van der Waals surface area contributed by atoms with Gasteiger partial charge in [0.15, 0.2) is 0 Å². The van der Waals surface area contributed by atoms with E-state index in [2.05, 4.69) is 27.4 Å². The average molecular weight is 380 g/mol. The molecule has 1 aromatic carbocycles. The number of rotatable bonds is 3. The van der Waals surface area contributed by atoms with E-state index in [0.717, 1.165) is 24.6 Å². The summed E-state index contributed by atoms with van der Waals surface area (Å²) in [5.74, 6) is 1.40. The zero-order valence-electron chi connectivity index (χ0n) is 16.9. The molecular weight excluding hydrogens is 352 g/mol. The maximum Gasteiger partial charge on any atom is 0.339 e. The van der Waals surface area contributed by atoms with Gasteiger partial charge in [-0.25, -0.2) is 4.79 Å². The number of carbonyl (C=O) groups is 1. The van der Waals surface area contributed by atoms with Gasteiger partial charge < -0.3 is 9.15 Å². The number of hydrogen-bond donors (Lipinski definition) is 0. The van der Waals surface area contributed by atoms with Crippen molar-refractivity contribution >= 4 is 16.8 Å². The maximum atomic E-state index is 12.6. The van der Waals surface area contributed by atoms with Gasteiger partial charge in [0, 0.05) is 17.8 Å². The lowest BCUT2D eigenvalue weighted by atomic mass is 9.47. The van der Waals surface area contributed by atoms with Crippen LogP contribution in [0.1, 0.15) is 46.5 Å². The van der Waals surface area contributed by atoms with Crippen molar-refractivity contribution in [2.24, 2.45) is 22.7 Å². The quantitative estimate of drug-likeness (QED) is 0.546. The Kier molecular flexibility index (Phi) is 4.48. The molecule has 4 rings (SSSR count). The first-order valence-corrected chi connectivity index (χ1v) is 10.1. The number of Topliss-reactive ketones (excluding diaryl/α,β-unsaturated/α-hetero) is 1. The van der Waals surface area contributed by atoms with Gasteiger partial charge in [-0.05, 0) is 42.7 Å². The minimum atomic E-state index is -0.412. The lowest BCUT2D eigenvalue weighted by molar-refractivity contribution is -0.145. The van der Waals surface area contributed by atoms with Crippen LogP contribution in [0.5, 0.6) is 5.75 Å². The molecule has 0 aliphatic heterocycles. The van der Waals surface area contributed by atoms with Gasteiger partial charge >= 0.3 is 5.63 Å². The molecule has 1 aromatic heterocycles. The first-order chi connectivity index (χ1) is 13.2. The van der Waals surface area contributed by atoms with E-state index >= 15 is 0 Å². The SMILES string of the molecule is C=C1CC[C@@H]2C(C)(C)C(=O)CC[C@@]2(C)[C@@H]1COc1cc(=O)oc2ccccc12. The van der Waals surface area contributed by atoms with Crippen LogP contribution in [-0.2, 0) is 4.79 Å². The molecule has 0 radical (unpaired) electrons. The molecule has 4 nitrogen and oxygen atoms in total. The molecule has 0 bridgehead atoms. The van der Waals surface area contributed by atoms with Crippen LogP contribution >= 0.6 is 0 Å². The summed E-state index contributed by atoms with van der Waals surface area (Å²) >= 11 is 0. The third-order valence-electron chi connectivity index (χ3n) is 7.34. The van der Waals surface area contributed by atoms with E-state index in [4.69, 9.17) is 9.15 Å². The second-order valence-corrected chi connectivity index (χ2v) is 9.19. The molecule has 2 fully saturated rings. The number of ether oxygens (including phenoxy) is 1. The largest absolute Gasteiger partial charge is 0.492 e. The lowest BCUT2D eigenvalue weighted by Crippen LogP contribution is -2.54. The summed E-state index contributed by atoms with van der Waals surface area (Å²) in [4.78, 5) is 24.5. The van der Waals surface area contributed by atoms with Gasteiger partial charge in [-0.15, -0.1) is 0 Å². The summed E-state index contributed by atoms with van der Waals surface area (Å²) in [7, 11) is 0. The molecule has 2 aromatic rings. The molecule has 0 unspecified atom stereocenters. The van der Waals surface area contributed by atoms with Crippen molar-refractivity contribution in [3.8, 4) is 5.75 Å². The number of benzene rings is 1. The molecule has 28 heavy (non-hydrogen) atoms. The summed E-state index contributed by atoms with van der Waals surface area (Å²) in [6.45, 7) is 11.3. The van der Waals surface area contributed by atoms with Crippen molar-refractivity contribution < 1.29 is 13.9 Å². The van der Waals surface area contributed by atoms with E-state index in [0.29, 0.717) is 36.1 Å². The van der Waals surface area contributed by atoms with Crippen LogP contribution in [0.4, 0.5) is 0 Å². The third kappa shape index (κ3) is 2.90. The zero-order valence-corrected chi connectivity index (χ0v) is 16.9. The minimum absolute atomic E-state index is 0.0258. The fourth-order valence-corrected chi connectivity index (χ4v) is 5.66. The zero-order chi connectivity index (χ0) is 20.1. The Labute approximate surface area is 165 Å². The van der Waals surface area contributed by atoms with Crippen molar-refractivity contribution in [2.45, 2.75) is 46.5 Å². The van der Waals surface area contributed by atoms with Crippen LogP contribution < -0.4 is 10.4 Å². The predicted octanol–water partition coefficient (Wildman–Crippen LogP) is 5.15. The van der Waals surface area contributed by atoms with Crippen molar-refractivity contribution in [3.63, 3.8) is 0 Å². The Hall–Kier alpha value is -2.36. The van der Waals surface area contributed by atoms with Gasteiger partial charge in [-0.2, -0.15) is 0 Å². The lowest BCUT2D eigenvalue weighted by Gasteiger charge is -2.56. The molecule has 2 aliphatic rings. The van der Waals surface area contributed by atoms with Crippen LogP contribution in [0, 0.1) is 22.7 Å². The van der Waals surface area contributed by atoms with E-state index in [9.17, 15) is 9.59 Å². The molecule has 0 N–H and O–H groups in total. The van der Waals surface area contributed by atoms with Crippen LogP contribution in [0.3, 0.4) is 0 Å². The van der Waals surface area contributed by atoms with E-state index in [-0.39, 0.29) is 16.7 Å². The second-order valence-electron chi connectivity index (χ2n) is 9.19. The molecule has 3 atom stereocenters. The Morgan fingerprint density at radius 3 is 2.71 bits per heavy atom. The van der Waals surface area contributed by atoms with Gasteiger partial charge in [-0.3, -0.25) is 4.79 Å². The topological polar surface area (TPSA) is 56.5 Å². The second kappa shape index (κ2) is 6.61. The molecule has 148 valence electrons. The average Bonchev–Trinajstić information content (AvgIpc) is 2.64. The number of ketones is 1. The molecule has 0 saturated heterocycles. The van der Waals surface area contributed by atoms with Crippen molar-refractivity contribution in [1.82, 2.24) is 0 Å². The Balaban J connectivity index is 1.65. The van der Waals surface area contributed by atoms with Crippen LogP contribution in [0.25, 0.3) is 11.0 Å². The first kappa shape index (κ1) is 19.0. The molecule has 0 spiro atoms. The fourth-order valence-electron chi connectivity index (χ4n) is 5.66. The van der Waals surface area contributed by atoms with Gasteiger partial charge in [0.05, 0.1) is 18.1 Å². The minimum Gasteiger partial charge on any atom is -0.492 e. The fraction of sp³-hybridized carbons (Fsp3) is 0.500. The summed E-state index contributed by atoms with van der Waals surface area (Å²) < 4.78 is 11.5. The number of hydrogen-bond acceptors (Lipinski definition) is 4. The molecule has 4 heteroatoms. The van der Waals surface area contributed by atoms with Crippen molar-refractivity contribution in [3.05, 3.63) is 52.9 Å². The highest BCUT2D eigenvalue weighted by atomic mass is 16.5. The predicted molar refractivity (Wildman–Crippen MR) is 109 cm³/mol. The third-order valence-corrected chi connectivity index (χ3v) is 7.34. The molecule has 0 amide bonds. The highest BCUT2D eigenvalue weighted by Gasteiger charge is 2.56. The molecular formula is C24H28O4. The van der Waals surface area contributed by atoms with Gasteiger partial charge in [0.25, 0.3) is 0 Å². The summed E-state index contributed by atoms with van der Waals surface area (Å²) in [6, 6.07) is 8.83. The Morgan fingerprint density at radius 1 is 1.18 bits per heavy atom. The molecule has 2 aliphatic carbocycles. The van der Waals surface area contributed by atoms with E-state index in [1.165, 1.54) is 11.6 Å². The van der Waals surface area contributed by atoms with Gasteiger partial charge in [0.2, 0.25) is 0 Å². The molecule has 2 saturated carbocycles. The highest BCUT2D eigenvalue weighted by molar-refractivity contribution is 5.85. The van der Waals surface area contributed by atoms with Crippen molar-refractivity contribution in [2.75, 3.05) is 6.61 Å². The maximum absolute atomic E-state index is 12.6. The smallest absolute Gasteiger partial charge is 0.339 e. The van der Waals surface area contributed by atoms with Crippen molar-refractivity contribution in [1.29, 1.82) is 0 Å². The normalized spacial score (nSPS) is 29.5. The summed E-state index contributed by atoms with van der Waals surface area (Å²) in [6.07, 6.45) is 3.40. The van der Waals surface area contributed by atoms with Crippen LogP contribution in [0.15, 0.2) is 51.7 Å². The summed E-state index contributed by atoms with van der Waals surface area (Å²) in [5.41, 5.74) is 0.968. The molecule has 1 heterocycles. The standard InChI is InChI=1S/C24H28O4/c1-15-9-10-20-23(2,3)21(25)11-12-24(20,4)17(15)14-27-19-13-22(26)28-18-8-6-5-7-16(18)19/h5-8,13,17,20H,1,9-12,14H2,2-4H3/t17-,20-,24+/m1/s1. The van der Waals surface area contributed by atoms with E-state index in [1.807, 2.05) is 18.2 Å². The van der Waals surface area contributed by atoms with E-state index in [1.54, 1.807) is 6.07 Å². The van der Waals surface area contributed by atoms with E-state index < -0.39 is 5.63 Å². The Bertz CT molecular complexity index is 999. The number of carbonyl (C=O) groups excluding carboxylic acids is 1. The summed E-state index contributed by atoms with van der Waals surface area (Å²) in [5, 5.41) is 0.796. The highest BCUT2D eigenvalue weighted by Crippen LogP contribution is 2.59. The first-order valence-electron chi connectivity index (χ1n) is 10.1. The van der Waals surface area contributed by atoms with Crippen LogP contribution in [0.2, 0.25) is 0 Å². The monoisotopic (exact) mass is 380 g/mol.